The monoisotopic (exact) mass is 220 g/mol. The Hall–Kier alpha value is -0.900. The second kappa shape index (κ2) is 5.43. The molecule has 1 aliphatic carbocycles. The highest BCUT2D eigenvalue weighted by Gasteiger charge is 2.33. The fourth-order valence-electron chi connectivity index (χ4n) is 2.40. The van der Waals surface area contributed by atoms with E-state index in [9.17, 15) is 0 Å². The number of ether oxygens (including phenoxy) is 1. The van der Waals surface area contributed by atoms with Crippen LogP contribution in [0.15, 0.2) is 30.3 Å². The van der Waals surface area contributed by atoms with Gasteiger partial charge in [0.1, 0.15) is 0 Å². The first-order chi connectivity index (χ1) is 7.86. The molecule has 2 unspecified atom stereocenters. The molecule has 3 N–H and O–H groups in total. The minimum atomic E-state index is 0.0523. The molecule has 0 radical (unpaired) electrons. The Kier molecular flexibility index (Phi) is 3.93. The summed E-state index contributed by atoms with van der Waals surface area (Å²) < 4.78 is 5.60. The lowest BCUT2D eigenvalue weighted by atomic mass is 9.77. The molecule has 2 rings (SSSR count). The third-order valence-electron chi connectivity index (χ3n) is 3.56. The lowest BCUT2D eigenvalue weighted by Gasteiger charge is -2.37. The maximum absolute atomic E-state index is 5.67. The van der Waals surface area contributed by atoms with Gasteiger partial charge in [-0.05, 0) is 24.3 Å². The van der Waals surface area contributed by atoms with Crippen LogP contribution in [0.1, 0.15) is 30.9 Å². The van der Waals surface area contributed by atoms with Gasteiger partial charge in [-0.25, -0.2) is 0 Å². The number of hydrazine groups is 1. The maximum atomic E-state index is 5.67. The number of nitrogens with two attached hydrogens (primary N) is 1. The lowest BCUT2D eigenvalue weighted by Crippen LogP contribution is -2.47. The molecule has 0 spiro atoms. The summed E-state index contributed by atoms with van der Waals surface area (Å²) in [6.45, 7) is 0. The summed E-state index contributed by atoms with van der Waals surface area (Å²) in [7, 11) is 1.75. The van der Waals surface area contributed by atoms with Gasteiger partial charge in [0.25, 0.3) is 0 Å². The van der Waals surface area contributed by atoms with Crippen molar-refractivity contribution < 1.29 is 4.74 Å². The van der Waals surface area contributed by atoms with Crippen LogP contribution in [0.5, 0.6) is 0 Å². The van der Waals surface area contributed by atoms with Crippen LogP contribution >= 0.6 is 0 Å². The number of benzene rings is 1. The van der Waals surface area contributed by atoms with E-state index in [4.69, 9.17) is 10.6 Å². The predicted molar refractivity (Wildman–Crippen MR) is 64.6 cm³/mol. The molecule has 1 saturated carbocycles. The van der Waals surface area contributed by atoms with Gasteiger partial charge in [0.05, 0.1) is 12.1 Å². The Morgan fingerprint density at radius 3 is 2.44 bits per heavy atom. The molecular formula is C13H20N2O. The molecule has 0 bridgehead atoms. The standard InChI is InChI=1S/C13H20N2O/c1-16-13(11-6-3-2-4-7-11)12(15-14)10-8-5-9-10/h2-4,6-7,10,12-13,15H,5,8-9,14H2,1H3. The topological polar surface area (TPSA) is 47.3 Å². The minimum absolute atomic E-state index is 0.0523. The average molecular weight is 220 g/mol. The minimum Gasteiger partial charge on any atom is -0.375 e. The molecular weight excluding hydrogens is 200 g/mol. The van der Waals surface area contributed by atoms with Crippen LogP contribution in [0.25, 0.3) is 0 Å². The average Bonchev–Trinajstić information content (AvgIpc) is 2.27. The van der Waals surface area contributed by atoms with Crippen molar-refractivity contribution >= 4 is 0 Å². The largest absolute Gasteiger partial charge is 0.375 e. The van der Waals surface area contributed by atoms with Crippen LogP contribution in [-0.2, 0) is 4.74 Å². The number of hydrogen-bond donors (Lipinski definition) is 2. The molecule has 1 aromatic carbocycles. The summed E-state index contributed by atoms with van der Waals surface area (Å²) in [4.78, 5) is 0. The van der Waals surface area contributed by atoms with Crippen LogP contribution in [0, 0.1) is 5.92 Å². The van der Waals surface area contributed by atoms with Gasteiger partial charge in [0, 0.05) is 7.11 Å². The Balaban J connectivity index is 2.13. The molecule has 2 atom stereocenters. The highest BCUT2D eigenvalue weighted by molar-refractivity contribution is 5.19. The Morgan fingerprint density at radius 2 is 2.00 bits per heavy atom. The number of hydrogen-bond acceptors (Lipinski definition) is 3. The first kappa shape index (κ1) is 11.6. The van der Waals surface area contributed by atoms with Gasteiger partial charge in [-0.2, -0.15) is 0 Å². The van der Waals surface area contributed by atoms with Gasteiger partial charge >= 0.3 is 0 Å². The van der Waals surface area contributed by atoms with Crippen molar-refractivity contribution in [2.24, 2.45) is 11.8 Å². The van der Waals surface area contributed by atoms with E-state index in [1.54, 1.807) is 7.11 Å². The summed E-state index contributed by atoms with van der Waals surface area (Å²) in [5, 5.41) is 0. The summed E-state index contributed by atoms with van der Waals surface area (Å²) in [5.41, 5.74) is 4.12. The van der Waals surface area contributed by atoms with Gasteiger partial charge in [-0.15, -0.1) is 0 Å². The summed E-state index contributed by atoms with van der Waals surface area (Å²) >= 11 is 0. The predicted octanol–water partition coefficient (Wildman–Crippen LogP) is 2.01. The van der Waals surface area contributed by atoms with Crippen molar-refractivity contribution in [3.8, 4) is 0 Å². The van der Waals surface area contributed by atoms with Crippen molar-refractivity contribution in [1.82, 2.24) is 5.43 Å². The molecule has 88 valence electrons. The first-order valence-electron chi connectivity index (χ1n) is 5.90. The second-order valence-electron chi connectivity index (χ2n) is 4.45. The second-order valence-corrected chi connectivity index (χ2v) is 4.45. The van der Waals surface area contributed by atoms with E-state index >= 15 is 0 Å². The molecule has 1 aliphatic rings. The normalized spacial score (nSPS) is 20.1. The van der Waals surface area contributed by atoms with Gasteiger partial charge in [0.15, 0.2) is 0 Å². The lowest BCUT2D eigenvalue weighted by molar-refractivity contribution is 0.0286. The highest BCUT2D eigenvalue weighted by Crippen LogP contribution is 2.36. The molecule has 1 aromatic rings. The molecule has 1 fully saturated rings. The zero-order valence-electron chi connectivity index (χ0n) is 9.73. The van der Waals surface area contributed by atoms with Gasteiger partial charge < -0.3 is 4.74 Å². The van der Waals surface area contributed by atoms with E-state index in [1.165, 1.54) is 24.8 Å². The first-order valence-corrected chi connectivity index (χ1v) is 5.90. The number of rotatable bonds is 5. The van der Waals surface area contributed by atoms with Crippen LogP contribution in [0.4, 0.5) is 0 Å². The quantitative estimate of drug-likeness (QED) is 0.589. The third kappa shape index (κ3) is 2.26. The number of nitrogens with one attached hydrogen (secondary N) is 1. The van der Waals surface area contributed by atoms with Crippen molar-refractivity contribution in [3.05, 3.63) is 35.9 Å². The van der Waals surface area contributed by atoms with Crippen molar-refractivity contribution in [1.29, 1.82) is 0 Å². The van der Waals surface area contributed by atoms with Crippen molar-refractivity contribution in [2.45, 2.75) is 31.4 Å². The third-order valence-corrected chi connectivity index (χ3v) is 3.56. The smallest absolute Gasteiger partial charge is 0.0990 e. The summed E-state index contributed by atoms with van der Waals surface area (Å²) in [5.74, 6) is 6.32. The summed E-state index contributed by atoms with van der Waals surface area (Å²) in [6, 6.07) is 10.5. The van der Waals surface area contributed by atoms with E-state index in [2.05, 4.69) is 17.6 Å². The maximum Gasteiger partial charge on any atom is 0.0990 e. The van der Waals surface area contributed by atoms with E-state index in [-0.39, 0.29) is 12.1 Å². The molecule has 0 amide bonds. The Labute approximate surface area is 97.0 Å². The van der Waals surface area contributed by atoms with E-state index in [0.29, 0.717) is 5.92 Å². The van der Waals surface area contributed by atoms with Gasteiger partial charge in [-0.1, -0.05) is 36.8 Å². The van der Waals surface area contributed by atoms with Gasteiger partial charge in [-0.3, -0.25) is 11.3 Å². The highest BCUT2D eigenvalue weighted by atomic mass is 16.5. The van der Waals surface area contributed by atoms with E-state index in [0.717, 1.165) is 0 Å². The van der Waals surface area contributed by atoms with Crippen LogP contribution in [0.2, 0.25) is 0 Å². The fraction of sp³-hybridized carbons (Fsp3) is 0.538. The SMILES string of the molecule is COC(c1ccccc1)C(NN)C1CCC1. The van der Waals surface area contributed by atoms with Crippen molar-refractivity contribution in [2.75, 3.05) is 7.11 Å². The molecule has 0 saturated heterocycles. The van der Waals surface area contributed by atoms with Crippen LogP contribution < -0.4 is 11.3 Å². The zero-order valence-corrected chi connectivity index (χ0v) is 9.73. The molecule has 3 nitrogen and oxygen atoms in total. The Morgan fingerprint density at radius 1 is 1.31 bits per heavy atom. The van der Waals surface area contributed by atoms with Crippen molar-refractivity contribution in [3.63, 3.8) is 0 Å². The molecule has 3 heteroatoms. The molecule has 0 heterocycles. The van der Waals surface area contributed by atoms with Crippen LogP contribution in [-0.4, -0.2) is 13.2 Å². The fourth-order valence-corrected chi connectivity index (χ4v) is 2.40. The van der Waals surface area contributed by atoms with E-state index < -0.39 is 0 Å². The van der Waals surface area contributed by atoms with Crippen LogP contribution in [0.3, 0.4) is 0 Å². The zero-order chi connectivity index (χ0) is 11.4. The molecule has 0 aromatic heterocycles. The molecule has 0 aliphatic heterocycles. The van der Waals surface area contributed by atoms with Gasteiger partial charge in [0.2, 0.25) is 0 Å². The number of methoxy groups -OCH3 is 1. The summed E-state index contributed by atoms with van der Waals surface area (Å²) in [6.07, 6.45) is 3.87. The van der Waals surface area contributed by atoms with E-state index in [1.807, 2.05) is 18.2 Å². The molecule has 16 heavy (non-hydrogen) atoms. The Bertz CT molecular complexity index is 311.